The maximum atomic E-state index is 13.3. The number of piperazine rings is 1. The van der Waals surface area contributed by atoms with Gasteiger partial charge in [-0.1, -0.05) is 12.1 Å². The summed E-state index contributed by atoms with van der Waals surface area (Å²) >= 11 is 0. The van der Waals surface area contributed by atoms with Crippen LogP contribution in [0.5, 0.6) is 0 Å². The fourth-order valence-corrected chi connectivity index (χ4v) is 6.15. The SMILES string of the molecule is CNC(=O)C(CCC=O)N1C(=O)c2ccc(N3CCN(c4ccc(CCC(=O)N5CCCCC5)cc4)CC3)cc2C1=O. The molecule has 0 aliphatic carbocycles. The van der Waals surface area contributed by atoms with Crippen LogP contribution >= 0.6 is 0 Å². The van der Waals surface area contributed by atoms with Gasteiger partial charge < -0.3 is 24.8 Å². The Morgan fingerprint density at radius 2 is 1.45 bits per heavy atom. The van der Waals surface area contributed by atoms with Gasteiger partial charge in [0.25, 0.3) is 11.8 Å². The largest absolute Gasteiger partial charge is 0.368 e. The van der Waals surface area contributed by atoms with Crippen molar-refractivity contribution in [3.63, 3.8) is 0 Å². The lowest BCUT2D eigenvalue weighted by Crippen LogP contribution is -2.48. The van der Waals surface area contributed by atoms with Gasteiger partial charge in [0.05, 0.1) is 11.1 Å². The zero-order valence-electron chi connectivity index (χ0n) is 24.2. The first kappa shape index (κ1) is 29.3. The van der Waals surface area contributed by atoms with Gasteiger partial charge in [0, 0.05) is 70.5 Å². The van der Waals surface area contributed by atoms with Crippen LogP contribution in [0.4, 0.5) is 11.4 Å². The lowest BCUT2D eigenvalue weighted by molar-refractivity contribution is -0.132. The smallest absolute Gasteiger partial charge is 0.262 e. The van der Waals surface area contributed by atoms with E-state index in [0.29, 0.717) is 12.7 Å². The number of piperidine rings is 1. The van der Waals surface area contributed by atoms with Crippen molar-refractivity contribution in [2.45, 2.75) is 51.0 Å². The number of likely N-dealkylation sites (N-methyl/N-ethyl adjacent to an activating group) is 1. The van der Waals surface area contributed by atoms with E-state index in [1.54, 1.807) is 12.1 Å². The van der Waals surface area contributed by atoms with E-state index in [1.807, 2.05) is 11.0 Å². The third-order valence-electron chi connectivity index (χ3n) is 8.60. The van der Waals surface area contributed by atoms with Gasteiger partial charge in [-0.3, -0.25) is 24.1 Å². The summed E-state index contributed by atoms with van der Waals surface area (Å²) in [4.78, 5) is 69.7. The van der Waals surface area contributed by atoms with E-state index >= 15 is 0 Å². The lowest BCUT2D eigenvalue weighted by atomic mass is 10.1. The number of carbonyl (C=O) groups is 5. The monoisotopic (exact) mass is 573 g/mol. The van der Waals surface area contributed by atoms with Gasteiger partial charge in [-0.05, 0) is 68.0 Å². The van der Waals surface area contributed by atoms with E-state index in [-0.39, 0.29) is 29.9 Å². The van der Waals surface area contributed by atoms with Gasteiger partial charge in [-0.15, -0.1) is 0 Å². The van der Waals surface area contributed by atoms with Crippen LogP contribution in [0.3, 0.4) is 0 Å². The number of imide groups is 1. The van der Waals surface area contributed by atoms with Crippen LogP contribution in [0.2, 0.25) is 0 Å². The third-order valence-corrected chi connectivity index (χ3v) is 8.60. The molecule has 3 aliphatic heterocycles. The topological polar surface area (TPSA) is 110 Å². The number of benzene rings is 2. The van der Waals surface area contributed by atoms with Crippen LogP contribution in [-0.4, -0.2) is 92.1 Å². The number of rotatable bonds is 10. The molecule has 222 valence electrons. The van der Waals surface area contributed by atoms with Crippen molar-refractivity contribution in [2.24, 2.45) is 0 Å². The highest BCUT2D eigenvalue weighted by atomic mass is 16.2. The minimum Gasteiger partial charge on any atom is -0.368 e. The number of hydrogen-bond donors (Lipinski definition) is 1. The highest BCUT2D eigenvalue weighted by Crippen LogP contribution is 2.31. The van der Waals surface area contributed by atoms with E-state index in [4.69, 9.17) is 0 Å². The van der Waals surface area contributed by atoms with Crippen LogP contribution in [0.1, 0.15) is 64.8 Å². The minimum atomic E-state index is -1.03. The van der Waals surface area contributed by atoms with Crippen molar-refractivity contribution >= 4 is 41.3 Å². The standard InChI is InChI=1S/C32H39N5O5/c1-33-30(40)28(6-5-21-38)37-31(41)26-13-12-25(22-27(26)32(37)42)35-19-17-34(18-20-35)24-10-7-23(8-11-24)9-14-29(39)36-15-3-2-4-16-36/h7-8,10-13,21-22,28H,2-6,9,14-20H2,1H3,(H,33,40). The van der Waals surface area contributed by atoms with Crippen molar-refractivity contribution in [3.8, 4) is 0 Å². The zero-order chi connectivity index (χ0) is 29.6. The van der Waals surface area contributed by atoms with Crippen LogP contribution < -0.4 is 15.1 Å². The molecule has 3 aliphatic rings. The van der Waals surface area contributed by atoms with Crippen LogP contribution in [-0.2, 0) is 20.8 Å². The molecular formula is C32H39N5O5. The molecule has 0 spiro atoms. The predicted octanol–water partition coefficient (Wildman–Crippen LogP) is 2.65. The number of carbonyl (C=O) groups excluding carboxylic acids is 5. The van der Waals surface area contributed by atoms with E-state index in [1.165, 1.54) is 19.0 Å². The Kier molecular flexibility index (Phi) is 9.19. The van der Waals surface area contributed by atoms with E-state index in [0.717, 1.165) is 74.8 Å². The Morgan fingerprint density at radius 1 is 0.833 bits per heavy atom. The van der Waals surface area contributed by atoms with Gasteiger partial charge in [0.2, 0.25) is 11.8 Å². The number of nitrogens with one attached hydrogen (secondary N) is 1. The van der Waals surface area contributed by atoms with Gasteiger partial charge in [0.1, 0.15) is 12.3 Å². The van der Waals surface area contributed by atoms with E-state index in [9.17, 15) is 24.0 Å². The first-order valence-corrected chi connectivity index (χ1v) is 14.9. The van der Waals surface area contributed by atoms with Gasteiger partial charge in [-0.25, -0.2) is 0 Å². The van der Waals surface area contributed by atoms with Crippen molar-refractivity contribution < 1.29 is 24.0 Å². The van der Waals surface area contributed by atoms with Gasteiger partial charge >= 0.3 is 0 Å². The molecular weight excluding hydrogens is 534 g/mol. The molecule has 0 radical (unpaired) electrons. The summed E-state index contributed by atoms with van der Waals surface area (Å²) in [5.41, 5.74) is 3.73. The number of fused-ring (bicyclic) bond motifs is 1. The molecule has 10 nitrogen and oxygen atoms in total. The van der Waals surface area contributed by atoms with Crippen LogP contribution in [0.15, 0.2) is 42.5 Å². The molecule has 0 saturated carbocycles. The third kappa shape index (κ3) is 6.17. The summed E-state index contributed by atoms with van der Waals surface area (Å²) in [5, 5.41) is 2.50. The maximum absolute atomic E-state index is 13.3. The van der Waals surface area contributed by atoms with Crippen molar-refractivity contribution in [1.29, 1.82) is 0 Å². The second-order valence-electron chi connectivity index (χ2n) is 11.2. The number of likely N-dealkylation sites (tertiary alicyclic amines) is 1. The van der Waals surface area contributed by atoms with Crippen molar-refractivity contribution in [2.75, 3.05) is 56.1 Å². The fraction of sp³-hybridized carbons (Fsp3) is 0.469. The first-order chi connectivity index (χ1) is 20.4. The molecule has 4 amide bonds. The molecule has 42 heavy (non-hydrogen) atoms. The molecule has 5 rings (SSSR count). The fourth-order valence-electron chi connectivity index (χ4n) is 6.15. The number of amides is 4. The molecule has 2 saturated heterocycles. The minimum absolute atomic E-state index is 0.0716. The maximum Gasteiger partial charge on any atom is 0.262 e. The number of aldehydes is 1. The van der Waals surface area contributed by atoms with E-state index < -0.39 is 23.8 Å². The second kappa shape index (κ2) is 13.2. The normalized spacial score (nSPS) is 17.7. The summed E-state index contributed by atoms with van der Waals surface area (Å²) in [6.07, 6.45) is 5.58. The molecule has 1 atom stereocenters. The molecule has 2 fully saturated rings. The Balaban J connectivity index is 1.17. The van der Waals surface area contributed by atoms with Crippen molar-refractivity contribution in [1.82, 2.24) is 15.1 Å². The Hall–Kier alpha value is -4.21. The van der Waals surface area contributed by atoms with Gasteiger partial charge in [-0.2, -0.15) is 0 Å². The number of anilines is 2. The summed E-state index contributed by atoms with van der Waals surface area (Å²) < 4.78 is 0. The van der Waals surface area contributed by atoms with Crippen LogP contribution in [0, 0.1) is 0 Å². The summed E-state index contributed by atoms with van der Waals surface area (Å²) in [7, 11) is 1.44. The number of aryl methyl sites for hydroxylation is 1. The quantitative estimate of drug-likeness (QED) is 0.344. The van der Waals surface area contributed by atoms with Gasteiger partial charge in [0.15, 0.2) is 0 Å². The molecule has 2 aromatic carbocycles. The summed E-state index contributed by atoms with van der Waals surface area (Å²) in [6, 6.07) is 12.7. The van der Waals surface area contributed by atoms with E-state index in [2.05, 4.69) is 39.4 Å². The molecule has 1 N–H and O–H groups in total. The summed E-state index contributed by atoms with van der Waals surface area (Å²) in [5.74, 6) is -1.23. The summed E-state index contributed by atoms with van der Waals surface area (Å²) in [6.45, 7) is 4.87. The second-order valence-corrected chi connectivity index (χ2v) is 11.2. The molecule has 1 unspecified atom stereocenters. The number of nitrogens with zero attached hydrogens (tertiary/aromatic N) is 4. The van der Waals surface area contributed by atoms with Crippen LogP contribution in [0.25, 0.3) is 0 Å². The average molecular weight is 574 g/mol. The first-order valence-electron chi connectivity index (χ1n) is 14.9. The highest BCUT2D eigenvalue weighted by molar-refractivity contribution is 6.23. The molecule has 10 heteroatoms. The average Bonchev–Trinajstić information content (AvgIpc) is 3.29. The van der Waals surface area contributed by atoms with Crippen molar-refractivity contribution in [3.05, 3.63) is 59.2 Å². The molecule has 0 aromatic heterocycles. The molecule has 2 aromatic rings. The Bertz CT molecular complexity index is 1330. The Morgan fingerprint density at radius 3 is 2.10 bits per heavy atom. The zero-order valence-corrected chi connectivity index (χ0v) is 24.2. The Labute approximate surface area is 246 Å². The molecule has 3 heterocycles. The molecule has 0 bridgehead atoms. The lowest BCUT2D eigenvalue weighted by Gasteiger charge is -2.37. The predicted molar refractivity (Wildman–Crippen MR) is 160 cm³/mol. The highest BCUT2D eigenvalue weighted by Gasteiger charge is 2.42. The number of hydrogen-bond acceptors (Lipinski definition) is 7.